The van der Waals surface area contributed by atoms with Gasteiger partial charge in [0.05, 0.1) is 5.92 Å². The molecule has 0 aromatic heterocycles. The Morgan fingerprint density at radius 2 is 1.57 bits per heavy atom. The molecule has 2 amide bonds. The second-order valence-corrected chi connectivity index (χ2v) is 8.77. The molecule has 0 aliphatic carbocycles. The lowest BCUT2D eigenvalue weighted by Crippen LogP contribution is -2.34. The van der Waals surface area contributed by atoms with E-state index in [4.69, 9.17) is 4.74 Å². The van der Waals surface area contributed by atoms with E-state index in [2.05, 4.69) is 5.32 Å². The molecule has 0 saturated carbocycles. The van der Waals surface area contributed by atoms with Crippen molar-refractivity contribution in [3.05, 3.63) is 95.6 Å². The molecule has 1 atom stereocenters. The summed E-state index contributed by atoms with van der Waals surface area (Å²) in [5.41, 5.74) is 4.71. The summed E-state index contributed by atoms with van der Waals surface area (Å²) in [6.45, 7) is 2.95. The Kier molecular flexibility index (Phi) is 9.44. The number of carbonyl (C=O) groups excluding carboxylic acids is 2. The van der Waals surface area contributed by atoms with E-state index in [1.807, 2.05) is 110 Å². The van der Waals surface area contributed by atoms with Crippen LogP contribution >= 0.6 is 0 Å². The highest BCUT2D eigenvalue weighted by Gasteiger charge is 2.26. The summed E-state index contributed by atoms with van der Waals surface area (Å²) in [6, 6.07) is 25.8. The van der Waals surface area contributed by atoms with Gasteiger partial charge in [-0.1, -0.05) is 67.6 Å². The summed E-state index contributed by atoms with van der Waals surface area (Å²) in [5.74, 6) is -0.364. The molecule has 1 N–H and O–H groups in total. The van der Waals surface area contributed by atoms with Crippen LogP contribution in [0, 0.1) is 0 Å². The van der Waals surface area contributed by atoms with Gasteiger partial charge in [0.25, 0.3) is 0 Å². The van der Waals surface area contributed by atoms with Gasteiger partial charge in [-0.05, 0) is 41.3 Å². The van der Waals surface area contributed by atoms with Crippen LogP contribution in [-0.4, -0.2) is 44.5 Å². The fraction of sp³-hybridized carbons (Fsp3) is 0.310. The van der Waals surface area contributed by atoms with Gasteiger partial charge >= 0.3 is 0 Å². The molecule has 3 rings (SSSR count). The largest absolute Gasteiger partial charge is 0.377 e. The Hall–Kier alpha value is -3.64. The summed E-state index contributed by atoms with van der Waals surface area (Å²) in [4.78, 5) is 30.0. The molecule has 0 radical (unpaired) electrons. The zero-order valence-corrected chi connectivity index (χ0v) is 21.0. The van der Waals surface area contributed by atoms with Crippen molar-refractivity contribution in [1.29, 1.82) is 0 Å². The van der Waals surface area contributed by atoms with Crippen LogP contribution < -0.4 is 10.2 Å². The van der Waals surface area contributed by atoms with E-state index < -0.39 is 0 Å². The van der Waals surface area contributed by atoms with Crippen molar-refractivity contribution in [3.63, 3.8) is 0 Å². The highest BCUT2D eigenvalue weighted by molar-refractivity contribution is 5.92. The lowest BCUT2D eigenvalue weighted by atomic mass is 9.94. The number of hydrogen-bond donors (Lipinski definition) is 1. The topological polar surface area (TPSA) is 61.9 Å². The Balaban J connectivity index is 1.97. The molecule has 3 aromatic rings. The molecular formula is C29H35N3O3. The van der Waals surface area contributed by atoms with Crippen LogP contribution in [0.5, 0.6) is 0 Å². The van der Waals surface area contributed by atoms with Gasteiger partial charge in [-0.25, -0.2) is 0 Å². The molecule has 0 heterocycles. The average molecular weight is 474 g/mol. The van der Waals surface area contributed by atoms with E-state index in [1.165, 1.54) is 7.11 Å². The normalized spacial score (nSPS) is 11.5. The first-order valence-corrected chi connectivity index (χ1v) is 11.9. The van der Waals surface area contributed by atoms with Gasteiger partial charge in [0.1, 0.15) is 6.61 Å². The van der Waals surface area contributed by atoms with Gasteiger partial charge in [0.2, 0.25) is 11.8 Å². The first kappa shape index (κ1) is 26.0. The maximum Gasteiger partial charge on any atom is 0.250 e. The number of benzene rings is 3. The van der Waals surface area contributed by atoms with Crippen molar-refractivity contribution in [2.24, 2.45) is 0 Å². The fourth-order valence-corrected chi connectivity index (χ4v) is 4.23. The molecule has 0 bridgehead atoms. The van der Waals surface area contributed by atoms with E-state index in [-0.39, 0.29) is 24.3 Å². The molecule has 0 spiro atoms. The highest BCUT2D eigenvalue weighted by Crippen LogP contribution is 2.28. The van der Waals surface area contributed by atoms with Crippen molar-refractivity contribution < 1.29 is 14.3 Å². The number of hydrogen-bond acceptors (Lipinski definition) is 4. The molecule has 6 nitrogen and oxygen atoms in total. The SMILES string of the molecule is CC[C@H](C(=O)N(Cc1ccccc1)Cc1cc(NC(=O)COC)ccc1N(C)C)c1ccccc1. The molecule has 0 unspecified atom stereocenters. The zero-order valence-electron chi connectivity index (χ0n) is 21.0. The van der Waals surface area contributed by atoms with Gasteiger partial charge in [-0.3, -0.25) is 9.59 Å². The molecule has 0 aliphatic rings. The van der Waals surface area contributed by atoms with Crippen molar-refractivity contribution in [2.45, 2.75) is 32.4 Å². The first-order chi connectivity index (χ1) is 16.9. The monoisotopic (exact) mass is 473 g/mol. The number of carbonyl (C=O) groups is 2. The molecule has 184 valence electrons. The lowest BCUT2D eigenvalue weighted by Gasteiger charge is -2.29. The fourth-order valence-electron chi connectivity index (χ4n) is 4.23. The van der Waals surface area contributed by atoms with Crippen LogP contribution in [0.25, 0.3) is 0 Å². The maximum atomic E-state index is 13.9. The summed E-state index contributed by atoms with van der Waals surface area (Å²) in [6.07, 6.45) is 0.710. The van der Waals surface area contributed by atoms with Crippen LogP contribution in [0.4, 0.5) is 11.4 Å². The quantitative estimate of drug-likeness (QED) is 0.423. The van der Waals surface area contributed by atoms with Gasteiger partial charge in [0.15, 0.2) is 0 Å². The number of methoxy groups -OCH3 is 1. The minimum atomic E-state index is -0.229. The van der Waals surface area contributed by atoms with Crippen LogP contribution in [0.3, 0.4) is 0 Å². The molecule has 35 heavy (non-hydrogen) atoms. The average Bonchev–Trinajstić information content (AvgIpc) is 2.85. The third kappa shape index (κ3) is 7.17. The Morgan fingerprint density at radius 1 is 0.914 bits per heavy atom. The summed E-state index contributed by atoms with van der Waals surface area (Å²) in [5, 5.41) is 2.88. The third-order valence-electron chi connectivity index (χ3n) is 5.92. The number of rotatable bonds is 11. The summed E-state index contributed by atoms with van der Waals surface area (Å²) < 4.78 is 4.94. The van der Waals surface area contributed by atoms with Crippen molar-refractivity contribution in [3.8, 4) is 0 Å². The standard InChI is InChI=1S/C29H35N3O3/c1-5-26(23-14-10-7-11-15-23)29(34)32(19-22-12-8-6-9-13-22)20-24-18-25(30-28(33)21-35-4)16-17-27(24)31(2)3/h6-18,26H,5,19-21H2,1-4H3,(H,30,33)/t26-/m0/s1. The second kappa shape index (κ2) is 12.7. The molecule has 0 aliphatic heterocycles. The third-order valence-corrected chi connectivity index (χ3v) is 5.92. The Labute approximate surface area is 208 Å². The second-order valence-electron chi connectivity index (χ2n) is 8.77. The minimum Gasteiger partial charge on any atom is -0.377 e. The number of nitrogens with zero attached hydrogens (tertiary/aromatic N) is 2. The molecule has 0 saturated heterocycles. The van der Waals surface area contributed by atoms with Crippen LogP contribution in [0.1, 0.15) is 36.0 Å². The summed E-state index contributed by atoms with van der Waals surface area (Å²) in [7, 11) is 5.44. The molecule has 3 aromatic carbocycles. The van der Waals surface area contributed by atoms with Gasteiger partial charge < -0.3 is 19.9 Å². The highest BCUT2D eigenvalue weighted by atomic mass is 16.5. The van der Waals surface area contributed by atoms with Crippen LogP contribution in [0.2, 0.25) is 0 Å². The van der Waals surface area contributed by atoms with Crippen LogP contribution in [-0.2, 0) is 27.4 Å². The van der Waals surface area contributed by atoms with Crippen molar-refractivity contribution >= 4 is 23.2 Å². The molecular weight excluding hydrogens is 438 g/mol. The number of amides is 2. The van der Waals surface area contributed by atoms with E-state index in [0.29, 0.717) is 25.2 Å². The zero-order chi connectivity index (χ0) is 25.2. The van der Waals surface area contributed by atoms with Crippen molar-refractivity contribution in [2.75, 3.05) is 38.0 Å². The molecule has 0 fully saturated rings. The molecule has 6 heteroatoms. The lowest BCUT2D eigenvalue weighted by molar-refractivity contribution is -0.134. The van der Waals surface area contributed by atoms with E-state index >= 15 is 0 Å². The minimum absolute atomic E-state index is 0.0152. The van der Waals surface area contributed by atoms with Gasteiger partial charge in [-0.2, -0.15) is 0 Å². The number of nitrogens with one attached hydrogen (secondary N) is 1. The summed E-state index contributed by atoms with van der Waals surface area (Å²) >= 11 is 0. The van der Waals surface area contributed by atoms with E-state index in [0.717, 1.165) is 22.4 Å². The van der Waals surface area contributed by atoms with Crippen molar-refractivity contribution in [1.82, 2.24) is 4.90 Å². The Morgan fingerprint density at radius 3 is 2.17 bits per heavy atom. The predicted molar refractivity (Wildman–Crippen MR) is 141 cm³/mol. The Bertz CT molecular complexity index is 1100. The maximum absolute atomic E-state index is 13.9. The van der Waals surface area contributed by atoms with Gasteiger partial charge in [0, 0.05) is 45.7 Å². The number of anilines is 2. The van der Waals surface area contributed by atoms with E-state index in [9.17, 15) is 9.59 Å². The van der Waals surface area contributed by atoms with Crippen LogP contribution in [0.15, 0.2) is 78.9 Å². The number of ether oxygens (including phenoxy) is 1. The van der Waals surface area contributed by atoms with E-state index in [1.54, 1.807) is 0 Å². The first-order valence-electron chi connectivity index (χ1n) is 11.9. The van der Waals surface area contributed by atoms with Gasteiger partial charge in [-0.15, -0.1) is 0 Å². The smallest absolute Gasteiger partial charge is 0.250 e. The predicted octanol–water partition coefficient (Wildman–Crippen LogP) is 5.06.